The van der Waals surface area contributed by atoms with E-state index in [-0.39, 0.29) is 5.91 Å². The van der Waals surface area contributed by atoms with Gasteiger partial charge < -0.3 is 5.73 Å². The Bertz CT molecular complexity index is 325. The number of primary amides is 1. The lowest BCUT2D eigenvalue weighted by molar-refractivity contribution is -0.117. The summed E-state index contributed by atoms with van der Waals surface area (Å²) in [7, 11) is 3.93. The van der Waals surface area contributed by atoms with E-state index in [0.717, 1.165) is 16.5 Å². The van der Waals surface area contributed by atoms with Crippen LogP contribution in [0, 0.1) is 12.1 Å². The number of carbonyl (C=O) groups excluding carboxylic acids is 1. The molecule has 64 valence electrons. The lowest BCUT2D eigenvalue weighted by atomic mass is 9.85. The molecule has 0 bridgehead atoms. The van der Waals surface area contributed by atoms with E-state index in [1.54, 1.807) is 0 Å². The summed E-state index contributed by atoms with van der Waals surface area (Å²) in [4.78, 5) is 10.6. The molecule has 0 radical (unpaired) electrons. The Morgan fingerprint density at radius 2 is 2.15 bits per heavy atom. The van der Waals surface area contributed by atoms with E-state index in [4.69, 9.17) is 5.73 Å². The molecule has 4 heteroatoms. The van der Waals surface area contributed by atoms with Crippen molar-refractivity contribution < 1.29 is 4.79 Å². The van der Waals surface area contributed by atoms with Gasteiger partial charge in [-0.15, -0.1) is 0 Å². The van der Waals surface area contributed by atoms with Crippen LogP contribution in [0.2, 0.25) is 0 Å². The maximum absolute atomic E-state index is 10.6. The monoisotopic (exact) mass is 171 g/mol. The SMILES string of the molecule is Bc1c#cc(B)c(CCC(N)=O)c1. The van der Waals surface area contributed by atoms with E-state index in [1.165, 1.54) is 0 Å². The van der Waals surface area contributed by atoms with Crippen molar-refractivity contribution in [3.8, 4) is 0 Å². The van der Waals surface area contributed by atoms with Gasteiger partial charge in [0.1, 0.15) is 0 Å². The molecule has 0 unspecified atom stereocenters. The average Bonchev–Trinajstić information content (AvgIpc) is 2.06. The first-order valence-electron chi connectivity index (χ1n) is 4.28. The van der Waals surface area contributed by atoms with E-state index >= 15 is 0 Å². The Hall–Kier alpha value is -1.36. The third kappa shape index (κ3) is 2.87. The summed E-state index contributed by atoms with van der Waals surface area (Å²) in [5, 5.41) is 0. The summed E-state index contributed by atoms with van der Waals surface area (Å²) in [6.07, 6.45) is 1.10. The van der Waals surface area contributed by atoms with E-state index in [0.29, 0.717) is 12.8 Å². The molecule has 0 saturated carbocycles. The maximum Gasteiger partial charge on any atom is 0.217 e. The molecule has 0 atom stereocenters. The number of hydrogen-bond acceptors (Lipinski definition) is 1. The second-order valence-corrected chi connectivity index (χ2v) is 3.19. The number of amides is 1. The normalized spacial score (nSPS) is 9.23. The van der Waals surface area contributed by atoms with Gasteiger partial charge in [-0.25, -0.2) is 0 Å². The summed E-state index contributed by atoms with van der Waals surface area (Å²) in [5.74, 6) is -0.259. The Balaban J connectivity index is 2.75. The molecule has 1 rings (SSSR count). The van der Waals surface area contributed by atoms with Gasteiger partial charge in [-0.2, -0.15) is 0 Å². The molecule has 0 aromatic heterocycles. The quantitative estimate of drug-likeness (QED) is 0.491. The third-order valence-corrected chi connectivity index (χ3v) is 1.96. The smallest absolute Gasteiger partial charge is 0.217 e. The van der Waals surface area contributed by atoms with Gasteiger partial charge in [0.05, 0.1) is 0 Å². The molecular weight excluding hydrogens is 160 g/mol. The summed E-state index contributed by atoms with van der Waals surface area (Å²) in [5.41, 5.74) is 8.30. The Labute approximate surface area is 80.3 Å². The van der Waals surface area contributed by atoms with Crippen LogP contribution in [0.25, 0.3) is 0 Å². The van der Waals surface area contributed by atoms with Gasteiger partial charge in [0, 0.05) is 6.42 Å². The first-order valence-corrected chi connectivity index (χ1v) is 4.28. The molecule has 1 aromatic carbocycles. The van der Waals surface area contributed by atoms with Crippen molar-refractivity contribution in [1.82, 2.24) is 0 Å². The molecule has 2 nitrogen and oxygen atoms in total. The number of carbonyl (C=O) groups is 1. The summed E-state index contributed by atoms with van der Waals surface area (Å²) in [6, 6.07) is 8.02. The molecule has 0 aliphatic carbocycles. The zero-order chi connectivity index (χ0) is 9.84. The zero-order valence-corrected chi connectivity index (χ0v) is 7.98. The molecule has 13 heavy (non-hydrogen) atoms. The fourth-order valence-electron chi connectivity index (χ4n) is 1.20. The van der Waals surface area contributed by atoms with Crippen molar-refractivity contribution in [2.75, 3.05) is 0 Å². The van der Waals surface area contributed by atoms with E-state index < -0.39 is 0 Å². The Morgan fingerprint density at radius 1 is 1.46 bits per heavy atom. The molecule has 0 aliphatic heterocycles. The van der Waals surface area contributed by atoms with Crippen LogP contribution in [0.15, 0.2) is 6.07 Å². The summed E-state index contributed by atoms with van der Waals surface area (Å²) < 4.78 is 0. The minimum absolute atomic E-state index is 0.259. The molecule has 2 N–H and O–H groups in total. The van der Waals surface area contributed by atoms with Crippen molar-refractivity contribution >= 4 is 32.5 Å². The lowest BCUT2D eigenvalue weighted by Crippen LogP contribution is -2.18. The molecule has 1 amide bonds. The van der Waals surface area contributed by atoms with Crippen LogP contribution in [0.4, 0.5) is 0 Å². The van der Waals surface area contributed by atoms with Crippen molar-refractivity contribution in [1.29, 1.82) is 0 Å². The summed E-state index contributed by atoms with van der Waals surface area (Å²) in [6.45, 7) is 0. The summed E-state index contributed by atoms with van der Waals surface area (Å²) >= 11 is 0. The maximum atomic E-state index is 10.6. The molecule has 0 heterocycles. The highest BCUT2D eigenvalue weighted by Gasteiger charge is 2.00. The van der Waals surface area contributed by atoms with Crippen molar-refractivity contribution in [3.05, 3.63) is 23.8 Å². The molecule has 1 aromatic rings. The Kier molecular flexibility index (Phi) is 3.02. The van der Waals surface area contributed by atoms with Gasteiger partial charge in [0.15, 0.2) is 15.7 Å². The first kappa shape index (κ1) is 9.73. The van der Waals surface area contributed by atoms with Gasteiger partial charge in [-0.1, -0.05) is 18.2 Å². The van der Waals surface area contributed by atoms with Crippen LogP contribution in [0.5, 0.6) is 0 Å². The Morgan fingerprint density at radius 3 is 2.77 bits per heavy atom. The highest BCUT2D eigenvalue weighted by atomic mass is 16.1. The highest BCUT2D eigenvalue weighted by Crippen LogP contribution is 1.94. The molecule has 0 fully saturated rings. The number of rotatable bonds is 3. The van der Waals surface area contributed by atoms with E-state index in [1.807, 2.05) is 21.8 Å². The topological polar surface area (TPSA) is 43.1 Å². The predicted molar refractivity (Wildman–Crippen MR) is 58.0 cm³/mol. The lowest BCUT2D eigenvalue weighted by Gasteiger charge is -2.01. The van der Waals surface area contributed by atoms with Crippen LogP contribution in [0.3, 0.4) is 0 Å². The minimum Gasteiger partial charge on any atom is -0.370 e. The second-order valence-electron chi connectivity index (χ2n) is 3.19. The van der Waals surface area contributed by atoms with Gasteiger partial charge >= 0.3 is 0 Å². The van der Waals surface area contributed by atoms with Gasteiger partial charge in [0.25, 0.3) is 0 Å². The van der Waals surface area contributed by atoms with Crippen molar-refractivity contribution in [2.24, 2.45) is 5.73 Å². The third-order valence-electron chi connectivity index (χ3n) is 1.96. The van der Waals surface area contributed by atoms with Gasteiger partial charge in [0.2, 0.25) is 5.91 Å². The van der Waals surface area contributed by atoms with Gasteiger partial charge in [-0.05, 0) is 22.9 Å². The van der Waals surface area contributed by atoms with E-state index in [2.05, 4.69) is 12.1 Å². The largest absolute Gasteiger partial charge is 0.370 e. The molecule has 0 spiro atoms. The predicted octanol–water partition coefficient (Wildman–Crippen LogP) is -2.78. The minimum atomic E-state index is -0.259. The standard InChI is InChI=1S/C9H11B2NO/c10-7-2-3-8(11)6(5-7)1-4-9(12)13/h5H,1,4,10-11H2,(H2,12,13). The average molecular weight is 171 g/mol. The number of hydrogen-bond donors (Lipinski definition) is 1. The highest BCUT2D eigenvalue weighted by molar-refractivity contribution is 6.35. The van der Waals surface area contributed by atoms with Crippen LogP contribution in [0.1, 0.15) is 12.0 Å². The second kappa shape index (κ2) is 4.04. The van der Waals surface area contributed by atoms with Crippen LogP contribution >= 0.6 is 0 Å². The fraction of sp³-hybridized carbons (Fsp3) is 0.222. The van der Waals surface area contributed by atoms with Crippen LogP contribution in [-0.2, 0) is 11.2 Å². The molecule has 0 aliphatic rings. The van der Waals surface area contributed by atoms with Crippen LogP contribution < -0.4 is 16.7 Å². The molecular formula is C9H11B2NO. The number of nitrogens with two attached hydrogens (primary N) is 1. The fourth-order valence-corrected chi connectivity index (χ4v) is 1.20. The number of aryl methyl sites for hydroxylation is 1. The zero-order valence-electron chi connectivity index (χ0n) is 7.98. The molecule has 0 saturated heterocycles. The van der Waals surface area contributed by atoms with E-state index in [9.17, 15) is 4.79 Å². The van der Waals surface area contributed by atoms with Gasteiger partial charge in [-0.3, -0.25) is 4.79 Å². The first-order chi connectivity index (χ1) is 6.09. The van der Waals surface area contributed by atoms with Crippen LogP contribution in [-0.4, -0.2) is 21.6 Å². The van der Waals surface area contributed by atoms with Crippen molar-refractivity contribution in [3.63, 3.8) is 0 Å². The van der Waals surface area contributed by atoms with Crippen molar-refractivity contribution in [2.45, 2.75) is 12.8 Å².